The monoisotopic (exact) mass is 289 g/mol. The molecule has 2 atom stereocenters. The van der Waals surface area contributed by atoms with Crippen LogP contribution in [0.3, 0.4) is 0 Å². The Hall–Kier alpha value is -0.280. The fraction of sp³-hybridized carbons (Fsp3) is 0.571. The van der Waals surface area contributed by atoms with Gasteiger partial charge in [-0.2, -0.15) is 0 Å². The molecular weight excluding hydrogens is 269 g/mol. The number of rotatable bonds is 7. The van der Waals surface area contributed by atoms with Gasteiger partial charge < -0.3 is 10.1 Å². The first kappa shape index (κ1) is 15.8. The van der Waals surface area contributed by atoms with E-state index in [1.807, 2.05) is 18.2 Å². The lowest BCUT2D eigenvalue weighted by atomic mass is 10.0. The Morgan fingerprint density at radius 3 is 2.67 bits per heavy atom. The molecule has 18 heavy (non-hydrogen) atoms. The summed E-state index contributed by atoms with van der Waals surface area (Å²) in [6.07, 6.45) is 2.04. The number of hydrogen-bond acceptors (Lipinski definition) is 2. The number of benzene rings is 1. The maximum absolute atomic E-state index is 6.22. The summed E-state index contributed by atoms with van der Waals surface area (Å²) in [5.74, 6) is 0. The predicted molar refractivity (Wildman–Crippen MR) is 78.7 cm³/mol. The van der Waals surface area contributed by atoms with E-state index in [-0.39, 0.29) is 12.1 Å². The number of nitrogens with one attached hydrogen (secondary N) is 1. The highest BCUT2D eigenvalue weighted by Gasteiger charge is 2.18. The first-order valence-corrected chi connectivity index (χ1v) is 7.04. The number of halogens is 2. The van der Waals surface area contributed by atoms with E-state index in [0.717, 1.165) is 24.9 Å². The summed E-state index contributed by atoms with van der Waals surface area (Å²) in [6, 6.07) is 5.99. The van der Waals surface area contributed by atoms with Crippen molar-refractivity contribution in [2.45, 2.75) is 38.8 Å². The summed E-state index contributed by atoms with van der Waals surface area (Å²) in [7, 11) is 1.73. The smallest absolute Gasteiger partial charge is 0.0699 e. The van der Waals surface area contributed by atoms with Gasteiger partial charge in [-0.05, 0) is 37.9 Å². The van der Waals surface area contributed by atoms with Gasteiger partial charge in [0, 0.05) is 13.2 Å². The molecule has 0 radical (unpaired) electrons. The molecule has 0 aromatic heterocycles. The normalized spacial score (nSPS) is 14.5. The van der Waals surface area contributed by atoms with Gasteiger partial charge in [0.25, 0.3) is 0 Å². The van der Waals surface area contributed by atoms with Crippen LogP contribution < -0.4 is 5.32 Å². The Morgan fingerprint density at radius 1 is 1.33 bits per heavy atom. The second kappa shape index (κ2) is 8.00. The molecule has 0 saturated carbocycles. The summed E-state index contributed by atoms with van der Waals surface area (Å²) in [5.41, 5.74) is 1.06. The van der Waals surface area contributed by atoms with Crippen molar-refractivity contribution in [3.63, 3.8) is 0 Å². The van der Waals surface area contributed by atoms with Crippen LogP contribution in [0.15, 0.2) is 18.2 Å². The maximum atomic E-state index is 6.22. The summed E-state index contributed by atoms with van der Waals surface area (Å²) < 4.78 is 5.41. The topological polar surface area (TPSA) is 21.3 Å². The number of hydrogen-bond donors (Lipinski definition) is 1. The first-order chi connectivity index (χ1) is 8.60. The van der Waals surface area contributed by atoms with Gasteiger partial charge in [-0.3, -0.25) is 0 Å². The Bertz CT molecular complexity index is 371. The molecule has 102 valence electrons. The average molecular weight is 290 g/mol. The fourth-order valence-corrected chi connectivity index (χ4v) is 2.24. The highest BCUT2D eigenvalue weighted by atomic mass is 35.5. The van der Waals surface area contributed by atoms with Gasteiger partial charge in [0.15, 0.2) is 0 Å². The highest BCUT2D eigenvalue weighted by molar-refractivity contribution is 6.42. The summed E-state index contributed by atoms with van der Waals surface area (Å²) in [6.45, 7) is 5.18. The van der Waals surface area contributed by atoms with Crippen molar-refractivity contribution in [2.24, 2.45) is 0 Å². The lowest BCUT2D eigenvalue weighted by Crippen LogP contribution is -2.41. The molecule has 0 bridgehead atoms. The highest BCUT2D eigenvalue weighted by Crippen LogP contribution is 2.26. The van der Waals surface area contributed by atoms with Gasteiger partial charge in [0.1, 0.15) is 0 Å². The average Bonchev–Trinajstić information content (AvgIpc) is 2.38. The van der Waals surface area contributed by atoms with Crippen LogP contribution in [0.2, 0.25) is 10.0 Å². The van der Waals surface area contributed by atoms with Gasteiger partial charge in [0.05, 0.1) is 16.1 Å². The summed E-state index contributed by atoms with van der Waals surface area (Å²) in [4.78, 5) is 0. The first-order valence-electron chi connectivity index (χ1n) is 6.29. The number of ether oxygens (including phenoxy) is 1. The van der Waals surface area contributed by atoms with E-state index in [1.165, 1.54) is 0 Å². The number of methoxy groups -OCH3 is 1. The fourth-order valence-electron chi connectivity index (χ4n) is 1.84. The molecule has 0 aliphatic carbocycles. The standard InChI is InChI=1S/C14H21Cl2NO/c1-4-8-17-13(10(2)18-3)9-11-6-5-7-12(15)14(11)16/h5-7,10,13,17H,4,8-9H2,1-3H3. The van der Waals surface area contributed by atoms with Crippen LogP contribution in [0.4, 0.5) is 0 Å². The second-order valence-corrected chi connectivity index (χ2v) is 5.20. The van der Waals surface area contributed by atoms with Crippen molar-refractivity contribution >= 4 is 23.2 Å². The van der Waals surface area contributed by atoms with E-state index in [0.29, 0.717) is 10.0 Å². The minimum atomic E-state index is 0.131. The molecule has 2 nitrogen and oxygen atoms in total. The molecule has 4 heteroatoms. The molecule has 0 amide bonds. The van der Waals surface area contributed by atoms with Crippen molar-refractivity contribution in [2.75, 3.05) is 13.7 Å². The van der Waals surface area contributed by atoms with Gasteiger partial charge in [-0.25, -0.2) is 0 Å². The van der Waals surface area contributed by atoms with Crippen LogP contribution in [0.25, 0.3) is 0 Å². The van der Waals surface area contributed by atoms with Crippen LogP contribution >= 0.6 is 23.2 Å². The molecule has 0 spiro atoms. The minimum Gasteiger partial charge on any atom is -0.380 e. The zero-order valence-corrected chi connectivity index (χ0v) is 12.7. The third-order valence-electron chi connectivity index (χ3n) is 3.07. The molecule has 0 aliphatic rings. The van der Waals surface area contributed by atoms with Crippen LogP contribution in [0.5, 0.6) is 0 Å². The van der Waals surface area contributed by atoms with Crippen LogP contribution in [-0.4, -0.2) is 25.8 Å². The third-order valence-corrected chi connectivity index (χ3v) is 3.92. The van der Waals surface area contributed by atoms with E-state index in [1.54, 1.807) is 7.11 Å². The molecule has 0 fully saturated rings. The Balaban J connectivity index is 2.78. The summed E-state index contributed by atoms with van der Waals surface area (Å²) in [5, 5.41) is 4.74. The molecule has 1 aromatic carbocycles. The maximum Gasteiger partial charge on any atom is 0.0699 e. The Labute approximate surface area is 120 Å². The Morgan fingerprint density at radius 2 is 2.06 bits per heavy atom. The van der Waals surface area contributed by atoms with Gasteiger partial charge in [-0.1, -0.05) is 42.3 Å². The second-order valence-electron chi connectivity index (χ2n) is 4.42. The van der Waals surface area contributed by atoms with Crippen molar-refractivity contribution in [3.8, 4) is 0 Å². The lowest BCUT2D eigenvalue weighted by Gasteiger charge is -2.24. The molecule has 0 aliphatic heterocycles. The van der Waals surface area contributed by atoms with Crippen molar-refractivity contribution in [1.82, 2.24) is 5.32 Å². The molecule has 1 rings (SSSR count). The van der Waals surface area contributed by atoms with Crippen molar-refractivity contribution in [3.05, 3.63) is 33.8 Å². The lowest BCUT2D eigenvalue weighted by molar-refractivity contribution is 0.0831. The van der Waals surface area contributed by atoms with Gasteiger partial charge >= 0.3 is 0 Å². The molecule has 0 saturated heterocycles. The third kappa shape index (κ3) is 4.43. The van der Waals surface area contributed by atoms with Crippen LogP contribution in [-0.2, 0) is 11.2 Å². The molecule has 0 heterocycles. The van der Waals surface area contributed by atoms with Gasteiger partial charge in [-0.15, -0.1) is 0 Å². The Kier molecular flexibility index (Phi) is 7.02. The van der Waals surface area contributed by atoms with Crippen molar-refractivity contribution < 1.29 is 4.74 Å². The van der Waals surface area contributed by atoms with Crippen LogP contribution in [0.1, 0.15) is 25.8 Å². The quantitative estimate of drug-likeness (QED) is 0.821. The molecule has 1 N–H and O–H groups in total. The van der Waals surface area contributed by atoms with Gasteiger partial charge in [0.2, 0.25) is 0 Å². The van der Waals surface area contributed by atoms with Crippen LogP contribution in [0, 0.1) is 0 Å². The van der Waals surface area contributed by atoms with E-state index < -0.39 is 0 Å². The molecular formula is C14H21Cl2NO. The van der Waals surface area contributed by atoms with E-state index in [9.17, 15) is 0 Å². The zero-order chi connectivity index (χ0) is 13.5. The van der Waals surface area contributed by atoms with Crippen molar-refractivity contribution in [1.29, 1.82) is 0 Å². The van der Waals surface area contributed by atoms with E-state index in [2.05, 4.69) is 19.2 Å². The largest absolute Gasteiger partial charge is 0.380 e. The molecule has 1 aromatic rings. The van der Waals surface area contributed by atoms with E-state index in [4.69, 9.17) is 27.9 Å². The molecule has 2 unspecified atom stereocenters. The summed E-state index contributed by atoms with van der Waals surface area (Å²) >= 11 is 12.3. The minimum absolute atomic E-state index is 0.131. The predicted octanol–water partition coefficient (Wildman–Crippen LogP) is 3.94. The van der Waals surface area contributed by atoms with E-state index >= 15 is 0 Å². The zero-order valence-electron chi connectivity index (χ0n) is 11.2. The SMILES string of the molecule is CCCNC(Cc1cccc(Cl)c1Cl)C(C)OC.